The minimum atomic E-state index is -0.551. The summed E-state index contributed by atoms with van der Waals surface area (Å²) < 4.78 is 13.5. The molecular formula is C22H26FN3O2. The summed E-state index contributed by atoms with van der Waals surface area (Å²) in [6, 6.07) is 13.8. The normalized spacial score (nSPS) is 17.2. The van der Waals surface area contributed by atoms with Crippen molar-refractivity contribution in [3.05, 3.63) is 71.0 Å². The molecule has 2 aromatic carbocycles. The van der Waals surface area contributed by atoms with Gasteiger partial charge in [-0.15, -0.1) is 0 Å². The third-order valence-electron chi connectivity index (χ3n) is 5.05. The van der Waals surface area contributed by atoms with Crippen LogP contribution in [0.1, 0.15) is 23.1 Å². The molecule has 6 heteroatoms. The smallest absolute Gasteiger partial charge is 0.237 e. The number of carbonyl (C=O) groups excluding carboxylic acids is 2. The third-order valence-corrected chi connectivity index (χ3v) is 5.05. The van der Waals surface area contributed by atoms with Crippen LogP contribution in [0.25, 0.3) is 0 Å². The molecule has 0 saturated carbocycles. The topological polar surface area (TPSA) is 52.7 Å². The van der Waals surface area contributed by atoms with Crippen LogP contribution in [0.2, 0.25) is 0 Å². The molecule has 0 spiro atoms. The van der Waals surface area contributed by atoms with Crippen molar-refractivity contribution >= 4 is 11.8 Å². The monoisotopic (exact) mass is 383 g/mol. The van der Waals surface area contributed by atoms with Crippen molar-refractivity contribution in [1.82, 2.24) is 15.1 Å². The highest BCUT2D eigenvalue weighted by Gasteiger charge is 2.32. The maximum Gasteiger partial charge on any atom is 0.237 e. The molecule has 1 atom stereocenters. The minimum absolute atomic E-state index is 0.0909. The Morgan fingerprint density at radius 1 is 1.21 bits per heavy atom. The van der Waals surface area contributed by atoms with Gasteiger partial charge in [0.1, 0.15) is 5.82 Å². The predicted octanol–water partition coefficient (Wildman–Crippen LogP) is 2.48. The van der Waals surface area contributed by atoms with Gasteiger partial charge in [0, 0.05) is 33.2 Å². The molecule has 0 unspecified atom stereocenters. The summed E-state index contributed by atoms with van der Waals surface area (Å²) in [5, 5.41) is 2.83. The van der Waals surface area contributed by atoms with E-state index in [0.29, 0.717) is 26.2 Å². The number of piperazine rings is 1. The van der Waals surface area contributed by atoms with Crippen LogP contribution in [-0.4, -0.2) is 47.8 Å². The molecule has 1 N–H and O–H groups in total. The van der Waals surface area contributed by atoms with Gasteiger partial charge in [-0.2, -0.15) is 0 Å². The van der Waals surface area contributed by atoms with Gasteiger partial charge >= 0.3 is 0 Å². The lowest BCUT2D eigenvalue weighted by atomic mass is 10.1. The van der Waals surface area contributed by atoms with E-state index in [1.165, 1.54) is 17.7 Å². The lowest BCUT2D eigenvalue weighted by Gasteiger charge is -2.35. The van der Waals surface area contributed by atoms with E-state index in [1.54, 1.807) is 18.0 Å². The van der Waals surface area contributed by atoms with Crippen molar-refractivity contribution in [2.24, 2.45) is 0 Å². The molecule has 0 aliphatic carbocycles. The fourth-order valence-corrected chi connectivity index (χ4v) is 3.42. The largest absolute Gasteiger partial charge is 0.353 e. The first kappa shape index (κ1) is 20.0. The quantitative estimate of drug-likeness (QED) is 0.834. The second-order valence-corrected chi connectivity index (χ2v) is 7.35. The van der Waals surface area contributed by atoms with Crippen LogP contribution in [0.4, 0.5) is 4.39 Å². The number of hydrogen-bond acceptors (Lipinski definition) is 3. The van der Waals surface area contributed by atoms with Gasteiger partial charge in [-0.1, -0.05) is 42.0 Å². The predicted molar refractivity (Wildman–Crippen MR) is 106 cm³/mol. The fourth-order valence-electron chi connectivity index (χ4n) is 3.42. The first-order valence-electron chi connectivity index (χ1n) is 9.48. The highest BCUT2D eigenvalue weighted by atomic mass is 19.1. The lowest BCUT2D eigenvalue weighted by Crippen LogP contribution is -2.56. The van der Waals surface area contributed by atoms with E-state index < -0.39 is 6.04 Å². The standard InChI is InChI=1S/C22H26FN3O2/c1-16-6-8-17(9-7-16)14-25(2)21(27)13-20-22(28)24-10-11-26(20)15-18-4-3-5-19(23)12-18/h3-9,12,20H,10-11,13-15H2,1-2H3,(H,24,28)/t20-/m0/s1. The van der Waals surface area contributed by atoms with Crippen LogP contribution >= 0.6 is 0 Å². The van der Waals surface area contributed by atoms with Gasteiger partial charge in [-0.3, -0.25) is 14.5 Å². The molecule has 28 heavy (non-hydrogen) atoms. The van der Waals surface area contributed by atoms with Crippen LogP contribution in [0.3, 0.4) is 0 Å². The van der Waals surface area contributed by atoms with Crippen molar-refractivity contribution in [3.63, 3.8) is 0 Å². The third kappa shape index (κ3) is 5.16. The molecule has 1 heterocycles. The molecule has 2 amide bonds. The molecule has 1 aliphatic heterocycles. The number of benzene rings is 2. The SMILES string of the molecule is Cc1ccc(CN(C)C(=O)C[C@H]2C(=O)NCCN2Cc2cccc(F)c2)cc1. The zero-order valence-corrected chi connectivity index (χ0v) is 16.3. The molecule has 5 nitrogen and oxygen atoms in total. The van der Waals surface area contributed by atoms with Crippen LogP contribution < -0.4 is 5.32 Å². The van der Waals surface area contributed by atoms with E-state index >= 15 is 0 Å². The molecule has 0 radical (unpaired) electrons. The molecule has 2 aromatic rings. The number of rotatable bonds is 6. The second-order valence-electron chi connectivity index (χ2n) is 7.35. The number of nitrogens with one attached hydrogen (secondary N) is 1. The van der Waals surface area contributed by atoms with E-state index in [-0.39, 0.29) is 24.1 Å². The van der Waals surface area contributed by atoms with Gasteiger partial charge in [0.05, 0.1) is 12.5 Å². The Morgan fingerprint density at radius 3 is 2.68 bits per heavy atom. The van der Waals surface area contributed by atoms with Gasteiger partial charge in [0.25, 0.3) is 0 Å². The lowest BCUT2D eigenvalue weighted by molar-refractivity contribution is -0.138. The summed E-state index contributed by atoms with van der Waals surface area (Å²) in [5.41, 5.74) is 3.01. The van der Waals surface area contributed by atoms with E-state index in [9.17, 15) is 14.0 Å². The second kappa shape index (κ2) is 8.97. The maximum atomic E-state index is 13.5. The highest BCUT2D eigenvalue weighted by Crippen LogP contribution is 2.16. The summed E-state index contributed by atoms with van der Waals surface area (Å²) in [6.07, 6.45) is 0.101. The summed E-state index contributed by atoms with van der Waals surface area (Å²) in [5.74, 6) is -0.545. The van der Waals surface area contributed by atoms with Crippen molar-refractivity contribution in [1.29, 1.82) is 0 Å². The van der Waals surface area contributed by atoms with E-state index in [4.69, 9.17) is 0 Å². The summed E-state index contributed by atoms with van der Waals surface area (Å²) in [6.45, 7) is 4.11. The Morgan fingerprint density at radius 2 is 1.96 bits per heavy atom. The summed E-state index contributed by atoms with van der Waals surface area (Å²) >= 11 is 0. The van der Waals surface area contributed by atoms with Crippen molar-refractivity contribution in [2.75, 3.05) is 20.1 Å². The Hall–Kier alpha value is -2.73. The molecule has 0 bridgehead atoms. The molecule has 1 aliphatic rings. The van der Waals surface area contributed by atoms with Crippen LogP contribution in [-0.2, 0) is 22.7 Å². The average Bonchev–Trinajstić information content (AvgIpc) is 2.66. The number of hydrogen-bond donors (Lipinski definition) is 1. The van der Waals surface area contributed by atoms with Crippen molar-refractivity contribution < 1.29 is 14.0 Å². The summed E-state index contributed by atoms with van der Waals surface area (Å²) in [7, 11) is 1.75. The molecule has 0 aromatic heterocycles. The number of halogens is 1. The fraction of sp³-hybridized carbons (Fsp3) is 0.364. The number of amides is 2. The molecule has 3 rings (SSSR count). The Labute approximate surface area is 165 Å². The molecular weight excluding hydrogens is 357 g/mol. The first-order chi connectivity index (χ1) is 13.4. The average molecular weight is 383 g/mol. The summed E-state index contributed by atoms with van der Waals surface area (Å²) in [4.78, 5) is 28.8. The van der Waals surface area contributed by atoms with Crippen molar-refractivity contribution in [2.45, 2.75) is 32.5 Å². The van der Waals surface area contributed by atoms with Gasteiger partial charge in [0.15, 0.2) is 0 Å². The van der Waals surface area contributed by atoms with Crippen LogP contribution in [0.5, 0.6) is 0 Å². The van der Waals surface area contributed by atoms with Crippen LogP contribution in [0, 0.1) is 12.7 Å². The Bertz CT molecular complexity index is 838. The van der Waals surface area contributed by atoms with Gasteiger partial charge in [-0.25, -0.2) is 4.39 Å². The van der Waals surface area contributed by atoms with E-state index in [0.717, 1.165) is 11.1 Å². The highest BCUT2D eigenvalue weighted by molar-refractivity contribution is 5.88. The first-order valence-corrected chi connectivity index (χ1v) is 9.48. The minimum Gasteiger partial charge on any atom is -0.353 e. The Kier molecular flexibility index (Phi) is 6.41. The Balaban J connectivity index is 1.65. The van der Waals surface area contributed by atoms with E-state index in [1.807, 2.05) is 42.2 Å². The van der Waals surface area contributed by atoms with Gasteiger partial charge < -0.3 is 10.2 Å². The number of aryl methyl sites for hydroxylation is 1. The number of carbonyl (C=O) groups is 2. The molecule has 148 valence electrons. The molecule has 1 saturated heterocycles. The van der Waals surface area contributed by atoms with Gasteiger partial charge in [0.2, 0.25) is 11.8 Å². The zero-order valence-electron chi connectivity index (χ0n) is 16.3. The van der Waals surface area contributed by atoms with Crippen LogP contribution in [0.15, 0.2) is 48.5 Å². The number of nitrogens with zero attached hydrogens (tertiary/aromatic N) is 2. The van der Waals surface area contributed by atoms with Crippen molar-refractivity contribution in [3.8, 4) is 0 Å². The van der Waals surface area contributed by atoms with E-state index in [2.05, 4.69) is 5.32 Å². The zero-order chi connectivity index (χ0) is 20.1. The van der Waals surface area contributed by atoms with Gasteiger partial charge in [-0.05, 0) is 30.2 Å². The molecule has 1 fully saturated rings. The maximum absolute atomic E-state index is 13.5.